The van der Waals surface area contributed by atoms with Gasteiger partial charge in [-0.2, -0.15) is 0 Å². The number of likely N-dealkylation sites (N-methyl/N-ethyl adjacent to an activating group) is 1. The van der Waals surface area contributed by atoms with Crippen molar-refractivity contribution in [3.8, 4) is 17.0 Å². The van der Waals surface area contributed by atoms with E-state index >= 15 is 0 Å². The highest BCUT2D eigenvalue weighted by molar-refractivity contribution is 5.94. The minimum atomic E-state index is -0.413. The van der Waals surface area contributed by atoms with Crippen molar-refractivity contribution >= 4 is 22.2 Å². The minimum absolute atomic E-state index is 0.211. The van der Waals surface area contributed by atoms with Gasteiger partial charge in [-0.15, -0.1) is 0 Å². The summed E-state index contributed by atoms with van der Waals surface area (Å²) in [6.45, 7) is 6.86. The Kier molecular flexibility index (Phi) is 5.78. The van der Waals surface area contributed by atoms with Crippen molar-refractivity contribution in [2.45, 2.75) is 18.9 Å². The van der Waals surface area contributed by atoms with Crippen LogP contribution in [0.1, 0.15) is 12.8 Å². The molecule has 0 amide bonds. The van der Waals surface area contributed by atoms with Crippen molar-refractivity contribution in [2.24, 2.45) is 0 Å². The summed E-state index contributed by atoms with van der Waals surface area (Å²) in [7, 11) is 3.69. The summed E-state index contributed by atoms with van der Waals surface area (Å²) < 4.78 is 21.5. The smallest absolute Gasteiger partial charge is 0.167 e. The number of ether oxygens (including phenoxy) is 1. The molecule has 2 aliphatic heterocycles. The summed E-state index contributed by atoms with van der Waals surface area (Å²) in [6, 6.07) is 10.1. The number of benzene rings is 1. The van der Waals surface area contributed by atoms with Crippen molar-refractivity contribution in [1.29, 1.82) is 0 Å². The normalized spacial score (nSPS) is 18.5. The quantitative estimate of drug-likeness (QED) is 0.447. The fraction of sp³-hybridized carbons (Fsp3) is 0.407. The van der Waals surface area contributed by atoms with E-state index in [0.29, 0.717) is 11.6 Å². The summed E-state index contributed by atoms with van der Waals surface area (Å²) in [5.74, 6) is -0.202. The van der Waals surface area contributed by atoms with Crippen LogP contribution in [-0.4, -0.2) is 83.6 Å². The molecule has 6 rings (SSSR count). The highest BCUT2D eigenvalue weighted by Gasteiger charge is 2.27. The summed E-state index contributed by atoms with van der Waals surface area (Å²) in [6.07, 6.45) is 8.09. The summed E-state index contributed by atoms with van der Waals surface area (Å²) in [4.78, 5) is 16.6. The molecule has 2 fully saturated rings. The molecule has 0 N–H and O–H groups in total. The third-order valence-corrected chi connectivity index (χ3v) is 7.67. The maximum absolute atomic E-state index is 14.2. The van der Waals surface area contributed by atoms with Gasteiger partial charge in [0.1, 0.15) is 5.65 Å². The summed E-state index contributed by atoms with van der Waals surface area (Å²) >= 11 is 0. The molecule has 182 valence electrons. The Balaban J connectivity index is 1.24. The van der Waals surface area contributed by atoms with Gasteiger partial charge in [-0.1, -0.05) is 0 Å². The van der Waals surface area contributed by atoms with Crippen LogP contribution in [0.3, 0.4) is 0 Å². The fourth-order valence-electron chi connectivity index (χ4n) is 5.57. The molecule has 7 nitrogen and oxygen atoms in total. The molecule has 0 bridgehead atoms. The number of fused-ring (bicyclic) bond motifs is 2. The second kappa shape index (κ2) is 9.09. The van der Waals surface area contributed by atoms with E-state index in [0.717, 1.165) is 35.4 Å². The van der Waals surface area contributed by atoms with E-state index in [2.05, 4.69) is 49.5 Å². The van der Waals surface area contributed by atoms with Crippen molar-refractivity contribution < 1.29 is 9.13 Å². The number of methoxy groups -OCH3 is 1. The second-order valence-corrected chi connectivity index (χ2v) is 9.68. The predicted molar refractivity (Wildman–Crippen MR) is 137 cm³/mol. The van der Waals surface area contributed by atoms with Crippen molar-refractivity contribution in [2.75, 3.05) is 58.3 Å². The van der Waals surface area contributed by atoms with Crippen molar-refractivity contribution in [3.63, 3.8) is 0 Å². The molecular weight excluding hydrogens is 443 g/mol. The minimum Gasteiger partial charge on any atom is -0.494 e. The number of rotatable bonds is 4. The third-order valence-electron chi connectivity index (χ3n) is 7.67. The van der Waals surface area contributed by atoms with E-state index in [1.54, 1.807) is 12.3 Å². The molecule has 0 unspecified atom stereocenters. The SMILES string of the molecule is COc1cc2c(-c3cnc4cc(N5CCC(N6CCN(C)CC6)CC5)ccn34)ccnc2cc1F. The van der Waals surface area contributed by atoms with E-state index in [1.165, 1.54) is 57.9 Å². The monoisotopic (exact) mass is 474 g/mol. The number of nitrogens with zero attached hydrogens (tertiary/aromatic N) is 6. The van der Waals surface area contributed by atoms with Gasteiger partial charge in [-0.25, -0.2) is 9.37 Å². The van der Waals surface area contributed by atoms with Crippen LogP contribution in [0.2, 0.25) is 0 Å². The van der Waals surface area contributed by atoms with Crippen LogP contribution in [0.25, 0.3) is 27.8 Å². The Bertz CT molecular complexity index is 1350. The number of imidazole rings is 1. The van der Waals surface area contributed by atoms with E-state index in [9.17, 15) is 4.39 Å². The lowest BCUT2D eigenvalue weighted by Gasteiger charge is -2.42. The molecule has 0 spiro atoms. The van der Waals surface area contributed by atoms with Gasteiger partial charge in [-0.3, -0.25) is 14.3 Å². The van der Waals surface area contributed by atoms with Crippen LogP contribution >= 0.6 is 0 Å². The van der Waals surface area contributed by atoms with Gasteiger partial charge in [0, 0.05) is 86.5 Å². The standard InChI is InChI=1S/C27H31FN6O/c1-31-11-13-33(14-12-31)19-4-8-32(9-5-19)20-6-10-34-25(18-30-27(34)15-20)21-3-7-29-24-17-23(28)26(35-2)16-22(21)24/h3,6-7,10,15-19H,4-5,8-9,11-14H2,1-2H3. The fourth-order valence-corrected chi connectivity index (χ4v) is 5.57. The van der Waals surface area contributed by atoms with E-state index in [-0.39, 0.29) is 5.75 Å². The Labute approximate surface area is 204 Å². The lowest BCUT2D eigenvalue weighted by atomic mass is 10.0. The lowest BCUT2D eigenvalue weighted by Crippen LogP contribution is -2.52. The maximum atomic E-state index is 14.2. The van der Waals surface area contributed by atoms with Crippen molar-refractivity contribution in [3.05, 3.63) is 54.7 Å². The molecule has 1 aromatic carbocycles. The van der Waals surface area contributed by atoms with Crippen molar-refractivity contribution in [1.82, 2.24) is 24.2 Å². The first-order valence-electron chi connectivity index (χ1n) is 12.4. The topological polar surface area (TPSA) is 49.1 Å². The number of aromatic nitrogens is 3. The maximum Gasteiger partial charge on any atom is 0.167 e. The molecule has 0 radical (unpaired) electrons. The Morgan fingerprint density at radius 1 is 0.971 bits per heavy atom. The highest BCUT2D eigenvalue weighted by Crippen LogP contribution is 2.33. The van der Waals surface area contributed by atoms with Crippen LogP contribution in [0.5, 0.6) is 5.75 Å². The van der Waals surface area contributed by atoms with Crippen LogP contribution in [-0.2, 0) is 0 Å². The predicted octanol–water partition coefficient (Wildman–Crippen LogP) is 3.91. The number of pyridine rings is 2. The molecule has 8 heteroatoms. The second-order valence-electron chi connectivity index (χ2n) is 9.68. The zero-order valence-corrected chi connectivity index (χ0v) is 20.3. The first-order valence-corrected chi connectivity index (χ1v) is 12.4. The molecule has 0 atom stereocenters. The zero-order valence-electron chi connectivity index (χ0n) is 20.3. The van der Waals surface area contributed by atoms with Gasteiger partial charge in [0.15, 0.2) is 11.6 Å². The average molecular weight is 475 g/mol. The number of halogens is 1. The number of hydrogen-bond acceptors (Lipinski definition) is 6. The Morgan fingerprint density at radius 3 is 2.54 bits per heavy atom. The Morgan fingerprint density at radius 2 is 1.77 bits per heavy atom. The average Bonchev–Trinajstić information content (AvgIpc) is 3.31. The molecule has 2 aliphatic rings. The number of piperidine rings is 1. The van der Waals surface area contributed by atoms with Crippen LogP contribution in [0, 0.1) is 5.82 Å². The largest absolute Gasteiger partial charge is 0.494 e. The first kappa shape index (κ1) is 22.2. The highest BCUT2D eigenvalue weighted by atomic mass is 19.1. The molecule has 0 aliphatic carbocycles. The van der Waals surface area contributed by atoms with Gasteiger partial charge in [-0.05, 0) is 38.1 Å². The van der Waals surface area contributed by atoms with Crippen LogP contribution in [0.4, 0.5) is 10.1 Å². The first-order chi connectivity index (χ1) is 17.1. The van der Waals surface area contributed by atoms with Crippen LogP contribution in [0.15, 0.2) is 48.9 Å². The molecule has 5 heterocycles. The molecule has 0 saturated carbocycles. The molecule has 4 aromatic rings. The van der Waals surface area contributed by atoms with Crippen LogP contribution < -0.4 is 9.64 Å². The zero-order chi connectivity index (χ0) is 23.9. The van der Waals surface area contributed by atoms with E-state index in [1.807, 2.05) is 12.3 Å². The number of anilines is 1. The molecule has 35 heavy (non-hydrogen) atoms. The van der Waals surface area contributed by atoms with Gasteiger partial charge < -0.3 is 14.5 Å². The summed E-state index contributed by atoms with van der Waals surface area (Å²) in [5.41, 5.74) is 4.60. The third kappa shape index (κ3) is 4.10. The molecular formula is C27H31FN6O. The van der Waals surface area contributed by atoms with E-state index < -0.39 is 5.82 Å². The van der Waals surface area contributed by atoms with Gasteiger partial charge >= 0.3 is 0 Å². The number of hydrogen-bond donors (Lipinski definition) is 0. The molecule has 2 saturated heterocycles. The van der Waals surface area contributed by atoms with Gasteiger partial charge in [0.2, 0.25) is 0 Å². The number of piperazine rings is 1. The van der Waals surface area contributed by atoms with E-state index in [4.69, 9.17) is 9.72 Å². The van der Waals surface area contributed by atoms with Gasteiger partial charge in [0.05, 0.1) is 24.5 Å². The molecule has 3 aromatic heterocycles. The lowest BCUT2D eigenvalue weighted by molar-refractivity contribution is 0.0982. The summed E-state index contributed by atoms with van der Waals surface area (Å²) in [5, 5.41) is 0.836. The van der Waals surface area contributed by atoms with Gasteiger partial charge in [0.25, 0.3) is 0 Å². The Hall–Kier alpha value is -3.23.